The first-order valence-corrected chi connectivity index (χ1v) is 17.8. The summed E-state index contributed by atoms with van der Waals surface area (Å²) in [5.41, 5.74) is 11.5. The van der Waals surface area contributed by atoms with Crippen molar-refractivity contribution in [2.24, 2.45) is 0 Å². The molecule has 0 amide bonds. The van der Waals surface area contributed by atoms with E-state index in [1.807, 2.05) is 6.08 Å². The van der Waals surface area contributed by atoms with E-state index >= 15 is 0 Å². The standard InChI is InChI=1S/C47H48N2/c1-9-15-42-38(10-2)39-16-13-14-17-43(39)48(42)36-24-18-32(19-25-36)33-20-26-37(27-21-33)49-44-28-22-34(46(5,6)11-3)30-40(44)41-31-35(23-29-45(41)49)47(7,8)12-4/h9-10,13-31H,1,11-12H2,2-8H3. The van der Waals surface area contributed by atoms with Crippen LogP contribution in [-0.4, -0.2) is 9.13 Å². The van der Waals surface area contributed by atoms with Gasteiger partial charge in [0.1, 0.15) is 0 Å². The van der Waals surface area contributed by atoms with E-state index in [0.29, 0.717) is 0 Å². The molecule has 2 nitrogen and oxygen atoms in total. The summed E-state index contributed by atoms with van der Waals surface area (Å²) >= 11 is 0. The molecule has 0 N–H and O–H groups in total. The molecule has 2 heterocycles. The van der Waals surface area contributed by atoms with Gasteiger partial charge < -0.3 is 9.13 Å². The quantitative estimate of drug-likeness (QED) is 0.156. The van der Waals surface area contributed by atoms with Crippen LogP contribution in [0.2, 0.25) is 0 Å². The highest BCUT2D eigenvalue weighted by atomic mass is 15.0. The summed E-state index contributed by atoms with van der Waals surface area (Å²) in [6.07, 6.45) is 8.37. The van der Waals surface area contributed by atoms with E-state index in [1.165, 1.54) is 65.9 Å². The highest BCUT2D eigenvalue weighted by Crippen LogP contribution is 2.39. The van der Waals surface area contributed by atoms with E-state index in [9.17, 15) is 0 Å². The van der Waals surface area contributed by atoms with Crippen LogP contribution in [0.3, 0.4) is 0 Å². The van der Waals surface area contributed by atoms with Crippen molar-refractivity contribution in [2.45, 2.75) is 72.1 Å². The van der Waals surface area contributed by atoms with Crippen LogP contribution in [0.1, 0.15) is 72.4 Å². The largest absolute Gasteiger partial charge is 0.309 e. The third-order valence-electron chi connectivity index (χ3n) is 11.2. The lowest BCUT2D eigenvalue weighted by molar-refractivity contribution is 0.506. The first-order chi connectivity index (χ1) is 23.6. The molecule has 49 heavy (non-hydrogen) atoms. The van der Waals surface area contributed by atoms with Gasteiger partial charge in [0, 0.05) is 32.8 Å². The van der Waals surface area contributed by atoms with Crippen molar-refractivity contribution in [3.05, 3.63) is 144 Å². The molecule has 0 radical (unpaired) electrons. The Morgan fingerprint density at radius 1 is 0.571 bits per heavy atom. The molecule has 7 rings (SSSR count). The van der Waals surface area contributed by atoms with Crippen LogP contribution in [-0.2, 0) is 10.8 Å². The van der Waals surface area contributed by atoms with E-state index in [-0.39, 0.29) is 10.8 Å². The number of allylic oxidation sites excluding steroid dienone is 1. The lowest BCUT2D eigenvalue weighted by Gasteiger charge is -2.24. The summed E-state index contributed by atoms with van der Waals surface area (Å²) in [6.45, 7) is 20.1. The van der Waals surface area contributed by atoms with Crippen LogP contribution in [0, 0.1) is 0 Å². The van der Waals surface area contributed by atoms with Gasteiger partial charge in [-0.1, -0.05) is 115 Å². The molecular formula is C47H48N2. The Morgan fingerprint density at radius 3 is 1.51 bits per heavy atom. The fourth-order valence-electron chi connectivity index (χ4n) is 7.30. The predicted molar refractivity (Wildman–Crippen MR) is 214 cm³/mol. The van der Waals surface area contributed by atoms with E-state index in [2.05, 4.69) is 186 Å². The SMILES string of the molecule is C=CC=c1c(=CC)c2ccccc2n1-c1ccc(-c2ccc(-n3c4ccc(C(C)(C)CC)cc4c4cc(C(C)(C)CC)ccc43)cc2)cc1. The van der Waals surface area contributed by atoms with Gasteiger partial charge in [0.25, 0.3) is 0 Å². The zero-order valence-electron chi connectivity index (χ0n) is 30.1. The van der Waals surface area contributed by atoms with E-state index in [4.69, 9.17) is 0 Å². The fourth-order valence-corrected chi connectivity index (χ4v) is 7.30. The van der Waals surface area contributed by atoms with Crippen LogP contribution in [0.5, 0.6) is 0 Å². The summed E-state index contributed by atoms with van der Waals surface area (Å²) in [5.74, 6) is 0. The Hall–Kier alpha value is -5.08. The van der Waals surface area contributed by atoms with Crippen LogP contribution in [0.15, 0.2) is 122 Å². The van der Waals surface area contributed by atoms with E-state index in [0.717, 1.165) is 23.9 Å². The molecule has 0 bridgehead atoms. The number of benzene rings is 5. The number of fused-ring (bicyclic) bond motifs is 4. The second kappa shape index (κ2) is 12.4. The van der Waals surface area contributed by atoms with Crippen molar-refractivity contribution in [1.29, 1.82) is 0 Å². The molecule has 0 saturated carbocycles. The van der Waals surface area contributed by atoms with Crippen molar-refractivity contribution in [2.75, 3.05) is 0 Å². The van der Waals surface area contributed by atoms with Crippen molar-refractivity contribution in [3.63, 3.8) is 0 Å². The van der Waals surface area contributed by atoms with Gasteiger partial charge in [-0.25, -0.2) is 0 Å². The van der Waals surface area contributed by atoms with Crippen molar-refractivity contribution in [3.8, 4) is 22.5 Å². The maximum atomic E-state index is 4.00. The molecule has 2 aromatic heterocycles. The third-order valence-corrected chi connectivity index (χ3v) is 11.2. The summed E-state index contributed by atoms with van der Waals surface area (Å²) in [4.78, 5) is 0. The van der Waals surface area contributed by atoms with Gasteiger partial charge in [0.2, 0.25) is 0 Å². The first-order valence-electron chi connectivity index (χ1n) is 17.8. The zero-order chi connectivity index (χ0) is 34.5. The highest BCUT2D eigenvalue weighted by molar-refractivity contribution is 6.10. The van der Waals surface area contributed by atoms with Gasteiger partial charge in [0.05, 0.1) is 21.9 Å². The number of nitrogens with zero attached hydrogens (tertiary/aromatic N) is 2. The van der Waals surface area contributed by atoms with Gasteiger partial charge in [0.15, 0.2) is 0 Å². The second-order valence-corrected chi connectivity index (χ2v) is 14.7. The monoisotopic (exact) mass is 640 g/mol. The average Bonchev–Trinajstić information content (AvgIpc) is 3.63. The summed E-state index contributed by atoms with van der Waals surface area (Å²) in [7, 11) is 0. The molecule has 0 saturated heterocycles. The fraction of sp³-hybridized carbons (Fsp3) is 0.234. The maximum absolute atomic E-state index is 4.00. The van der Waals surface area contributed by atoms with Crippen LogP contribution >= 0.6 is 0 Å². The van der Waals surface area contributed by atoms with Crippen molar-refractivity contribution >= 4 is 44.9 Å². The average molecular weight is 641 g/mol. The Labute approximate surface area is 291 Å². The lowest BCUT2D eigenvalue weighted by atomic mass is 9.81. The number of hydrogen-bond acceptors (Lipinski definition) is 0. The zero-order valence-corrected chi connectivity index (χ0v) is 30.1. The Kier molecular flexibility index (Phi) is 8.23. The Morgan fingerprint density at radius 2 is 1.04 bits per heavy atom. The van der Waals surface area contributed by atoms with Gasteiger partial charge >= 0.3 is 0 Å². The van der Waals surface area contributed by atoms with Gasteiger partial charge in [-0.3, -0.25) is 0 Å². The molecule has 7 aromatic rings. The minimum absolute atomic E-state index is 0.122. The molecule has 2 heteroatoms. The molecular weight excluding hydrogens is 593 g/mol. The topological polar surface area (TPSA) is 9.86 Å². The molecule has 0 atom stereocenters. The highest BCUT2D eigenvalue weighted by Gasteiger charge is 2.23. The maximum Gasteiger partial charge on any atom is 0.0541 e. The lowest BCUT2D eigenvalue weighted by Crippen LogP contribution is -2.27. The van der Waals surface area contributed by atoms with E-state index in [1.54, 1.807) is 0 Å². The van der Waals surface area contributed by atoms with Crippen LogP contribution in [0.4, 0.5) is 0 Å². The smallest absolute Gasteiger partial charge is 0.0541 e. The van der Waals surface area contributed by atoms with Crippen LogP contribution in [0.25, 0.3) is 67.4 Å². The predicted octanol–water partition coefficient (Wildman–Crippen LogP) is 11.5. The molecule has 0 spiro atoms. The molecule has 0 unspecified atom stereocenters. The van der Waals surface area contributed by atoms with Crippen molar-refractivity contribution < 1.29 is 0 Å². The summed E-state index contributed by atoms with van der Waals surface area (Å²) < 4.78 is 4.78. The normalized spacial score (nSPS) is 13.3. The summed E-state index contributed by atoms with van der Waals surface area (Å²) in [5, 5.41) is 6.29. The number of para-hydroxylation sites is 1. The minimum atomic E-state index is 0.122. The number of rotatable bonds is 8. The van der Waals surface area contributed by atoms with Gasteiger partial charge in [-0.15, -0.1) is 0 Å². The first kappa shape index (κ1) is 32.5. The molecule has 0 aliphatic carbocycles. The molecule has 246 valence electrons. The van der Waals surface area contributed by atoms with E-state index < -0.39 is 0 Å². The molecule has 0 aliphatic rings. The van der Waals surface area contributed by atoms with Gasteiger partial charge in [-0.2, -0.15) is 0 Å². The van der Waals surface area contributed by atoms with Crippen molar-refractivity contribution in [1.82, 2.24) is 9.13 Å². The minimum Gasteiger partial charge on any atom is -0.309 e. The summed E-state index contributed by atoms with van der Waals surface area (Å²) in [6, 6.07) is 40.9. The Bertz CT molecular complexity index is 2390. The third kappa shape index (κ3) is 5.44. The Balaban J connectivity index is 1.31. The van der Waals surface area contributed by atoms with Crippen LogP contribution < -0.4 is 10.6 Å². The second-order valence-electron chi connectivity index (χ2n) is 14.7. The molecule has 5 aromatic carbocycles. The number of hydrogen-bond donors (Lipinski definition) is 0. The van der Waals surface area contributed by atoms with Gasteiger partial charge in [-0.05, 0) is 114 Å². The molecule has 0 fully saturated rings. The number of aromatic nitrogens is 2. The molecule has 0 aliphatic heterocycles.